The molecule has 24 unspecified atom stereocenters. The maximum atomic E-state index is 5.35. The van der Waals surface area contributed by atoms with E-state index in [4.69, 9.17) is 95.7 Å². The number of aryl methyl sites for hydroxylation is 4. The van der Waals surface area contributed by atoms with Crippen molar-refractivity contribution in [2.75, 3.05) is 0 Å². The number of allylic oxidation sites excluding steroid dienone is 8. The Kier molecular flexibility index (Phi) is 45.0. The Bertz CT molecular complexity index is 3810. The Morgan fingerprint density at radius 3 is 1.00 bits per heavy atom. The van der Waals surface area contributed by atoms with Crippen LogP contribution in [-0.4, -0.2) is 45.2 Å². The first-order valence-corrected chi connectivity index (χ1v) is 61.2. The topological polar surface area (TPSA) is 56.4 Å². The zero-order valence-electron chi connectivity index (χ0n) is 72.6. The van der Waals surface area contributed by atoms with Crippen LogP contribution in [0.25, 0.3) is 21.3 Å². The van der Waals surface area contributed by atoms with Crippen LogP contribution in [0, 0.1) is 106 Å². The molecule has 0 aromatic heterocycles. The Morgan fingerprint density at radius 2 is 0.664 bits per heavy atom. The van der Waals surface area contributed by atoms with E-state index in [1.165, 1.54) is 132 Å². The second kappa shape index (κ2) is 48.4. The summed E-state index contributed by atoms with van der Waals surface area (Å²) in [5.74, 6) is 11.6. The van der Waals surface area contributed by atoms with E-state index >= 15 is 0 Å². The average molecular weight is 1910 g/mol. The van der Waals surface area contributed by atoms with E-state index < -0.39 is 68.1 Å². The Balaban J connectivity index is 0.000000254. The van der Waals surface area contributed by atoms with Crippen molar-refractivity contribution in [1.29, 1.82) is 0 Å². The summed E-state index contributed by atoms with van der Waals surface area (Å²) in [7, 11) is 39.1. The SMILES string of the molecule is CC1=C(C)C2C(C)C(C)C(c3cccc4c3[N-]C(C(C)(C)C)CC4)C2S1.CC1=C(C)C2C(C)C(C)C(c3cccc4c3[N-]C(C)CC4)C2S1.CC1=CC2C(C)C(C)C(c3cccc4c3[N-]C(C)CC4)C2S1.CCCCC1CCc2cccc(C3C(C)C(C)C4C(C)=C(C)SC43)c2[N-]1.[CH3-].[CH3-].[CH3-].[CH3-].[Cl][Ti][Cl].[Cl][Ti][Cl].[Cl][Ti][Cl].[Cl][Ti][Cl]. The first-order valence-electron chi connectivity index (χ1n) is 40.5. The minimum absolute atomic E-state index is 0. The van der Waals surface area contributed by atoms with Crippen molar-refractivity contribution in [2.24, 2.45) is 76.4 Å². The van der Waals surface area contributed by atoms with Gasteiger partial charge < -0.3 is 51.0 Å². The van der Waals surface area contributed by atoms with Gasteiger partial charge in [0.05, 0.1) is 0 Å². The first-order chi connectivity index (χ1) is 51.9. The molecule has 4 nitrogen and oxygen atoms in total. The molecule has 0 amide bonds. The number of nitrogens with zero attached hydrogens (tertiary/aromatic N) is 4. The maximum absolute atomic E-state index is 5.35. The minimum atomic E-state index is -0.556. The van der Waals surface area contributed by atoms with Crippen molar-refractivity contribution >= 4 is 144 Å². The van der Waals surface area contributed by atoms with Crippen molar-refractivity contribution in [2.45, 2.75) is 285 Å². The summed E-state index contributed by atoms with van der Waals surface area (Å²) in [6.45, 7) is 50.0. The summed E-state index contributed by atoms with van der Waals surface area (Å²) < 4.78 is 0. The molecule has 4 aliphatic carbocycles. The molecule has 0 bridgehead atoms. The van der Waals surface area contributed by atoms with Crippen LogP contribution in [0.2, 0.25) is 0 Å². The van der Waals surface area contributed by atoms with Crippen molar-refractivity contribution in [3.05, 3.63) is 211 Å². The van der Waals surface area contributed by atoms with Crippen LogP contribution >= 0.6 is 121 Å². The molecule has 0 N–H and O–H groups in total. The molecule has 0 spiro atoms. The van der Waals surface area contributed by atoms with Crippen LogP contribution in [0.4, 0.5) is 22.7 Å². The zero-order valence-corrected chi connectivity index (χ0v) is 88.1. The normalized spacial score (nSPS) is 33.0. The van der Waals surface area contributed by atoms with E-state index in [1.807, 2.05) is 0 Å². The monoisotopic (exact) mass is 1910 g/mol. The summed E-state index contributed by atoms with van der Waals surface area (Å²) in [4.78, 5) is 6.23. The number of unbranched alkanes of at least 4 members (excludes halogenated alkanes) is 1. The second-order valence-corrected chi connectivity index (χ2v) is 50.6. The third-order valence-corrected chi connectivity index (χ3v) is 33.9. The number of hydrogen-bond donors (Lipinski definition) is 0. The second-order valence-electron chi connectivity index (χ2n) is 34.7. The van der Waals surface area contributed by atoms with Crippen molar-refractivity contribution in [3.63, 3.8) is 0 Å². The number of fused-ring (bicyclic) bond motifs is 8. The molecule has 630 valence electrons. The number of thioether (sulfide) groups is 4. The molecule has 0 saturated heterocycles. The summed E-state index contributed by atoms with van der Waals surface area (Å²) in [5.41, 5.74) is 22.7. The summed E-state index contributed by atoms with van der Waals surface area (Å²) in [6, 6.07) is 29.9. The van der Waals surface area contributed by atoms with Crippen molar-refractivity contribution in [1.82, 2.24) is 0 Å². The van der Waals surface area contributed by atoms with Gasteiger partial charge >= 0.3 is 143 Å². The van der Waals surface area contributed by atoms with Gasteiger partial charge in [0.1, 0.15) is 0 Å². The third-order valence-electron chi connectivity index (χ3n) is 27.9. The molecule has 12 aliphatic rings. The average Bonchev–Trinajstić information content (AvgIpc) is 1.60. The molecular weight excluding hydrogens is 1780 g/mol. The summed E-state index contributed by atoms with van der Waals surface area (Å²) >= 11 is 6.35. The van der Waals surface area contributed by atoms with Gasteiger partial charge in [-0.2, -0.15) is 0 Å². The van der Waals surface area contributed by atoms with Gasteiger partial charge in [-0.3, -0.25) is 0 Å². The number of para-hydroxylation sites is 4. The predicted molar refractivity (Wildman–Crippen MR) is 502 cm³/mol. The van der Waals surface area contributed by atoms with Gasteiger partial charge in [-0.25, -0.2) is 0 Å². The van der Waals surface area contributed by atoms with E-state index in [1.54, 1.807) is 42.6 Å². The van der Waals surface area contributed by atoms with Crippen molar-refractivity contribution < 1.29 is 68.1 Å². The van der Waals surface area contributed by atoms with Crippen LogP contribution < -0.4 is 0 Å². The molecule has 16 rings (SSSR count). The Labute approximate surface area is 774 Å². The standard InChI is InChI=1S/2C24H34NS.C21H28NS.C20H26NS.4CH3.8ClH.4Ti/c1-13-14(2)21(23-20(13)15(3)16(4)26-23)18-10-8-9-17-11-12-19(24(5,6)7)25-22(17)18;1-6-7-10-19-13-12-18-9-8-11-20(23(18)25-19)22-15(3)14(2)21-16(4)17(5)26-24(21)22;1-11-9-10-16-7-6-8-17(20(16)22-11)19-13(3)12(2)18-14(4)15(5)23-21(18)19;1-11-8-9-15-6-5-7-16(19(15)21-11)18-14(4)13(3)17-10-12(2)22-20(17)18;;;;;;;;;;;;;;;;/h8-10,13-14,19-21,23H,11-12H2,1-7H3;8-9,11,14-15,19,21-22,24H,6-7,10,12-13H2,1-5H3;6-8,11-13,18-19,21H,9-10H2,1-5H3;5-7,10-11,13-14,17-18,20H,8-9H2,1-4H3;4*1H3;8*1H;;;;/q8*-1;;;;;;;;;4*+2/p-8. The predicted octanol–water partition coefficient (Wildman–Crippen LogP) is 34.8. The fourth-order valence-electron chi connectivity index (χ4n) is 21.3. The van der Waals surface area contributed by atoms with Gasteiger partial charge in [0.2, 0.25) is 0 Å². The van der Waals surface area contributed by atoms with Gasteiger partial charge in [-0.05, 0) is 188 Å². The van der Waals surface area contributed by atoms with E-state index in [9.17, 15) is 0 Å². The van der Waals surface area contributed by atoms with Crippen LogP contribution in [0.15, 0.2) is 115 Å². The molecule has 8 heterocycles. The molecule has 20 heteroatoms. The zero-order chi connectivity index (χ0) is 79.8. The molecule has 8 aliphatic heterocycles. The molecule has 4 fully saturated rings. The molecule has 4 aromatic carbocycles. The fraction of sp³-hybridized carbons (Fsp3) is 0.613. The first kappa shape index (κ1) is 105. The number of benzene rings is 4. The summed E-state index contributed by atoms with van der Waals surface area (Å²) in [6.07, 6.45) is 16.0. The van der Waals surface area contributed by atoms with Crippen molar-refractivity contribution in [3.8, 4) is 0 Å². The van der Waals surface area contributed by atoms with Gasteiger partial charge in [0.25, 0.3) is 0 Å². The van der Waals surface area contributed by atoms with Crippen LogP contribution in [0.5, 0.6) is 0 Å². The van der Waals surface area contributed by atoms with E-state index in [2.05, 4.69) is 271 Å². The molecular formula is C93H134Cl8N4S4Ti4-8. The van der Waals surface area contributed by atoms with Gasteiger partial charge in [-0.15, -0.1) is 94.0 Å². The van der Waals surface area contributed by atoms with Gasteiger partial charge in [0, 0.05) is 21.0 Å². The fourth-order valence-corrected chi connectivity index (χ4v) is 28.6. The quantitative estimate of drug-likeness (QED) is 0.137. The van der Waals surface area contributed by atoms with E-state index in [-0.39, 0.29) is 35.1 Å². The number of rotatable bonds is 7. The molecule has 0 radical (unpaired) electrons. The Hall–Kier alpha value is 1.62. The molecule has 4 saturated carbocycles. The number of hydrogen-bond acceptors (Lipinski definition) is 4. The van der Waals surface area contributed by atoms with E-state index in [0.29, 0.717) is 53.1 Å². The van der Waals surface area contributed by atoms with Gasteiger partial charge in [0.15, 0.2) is 0 Å². The Morgan fingerprint density at radius 1 is 0.372 bits per heavy atom. The summed E-state index contributed by atoms with van der Waals surface area (Å²) in [5, 5.41) is 23.7. The third kappa shape index (κ3) is 23.9. The number of halogens is 8. The molecule has 113 heavy (non-hydrogen) atoms. The molecule has 24 atom stereocenters. The van der Waals surface area contributed by atoms with Gasteiger partial charge in [-0.1, -0.05) is 287 Å². The molecule has 4 aromatic rings. The van der Waals surface area contributed by atoms with Crippen LogP contribution in [0.3, 0.4) is 0 Å². The van der Waals surface area contributed by atoms with Crippen LogP contribution in [0.1, 0.15) is 259 Å². The van der Waals surface area contributed by atoms with E-state index in [0.717, 1.165) is 86.8 Å². The van der Waals surface area contributed by atoms with Crippen LogP contribution in [-0.2, 0) is 93.8 Å².